The number of nitrogens with zero attached hydrogens (tertiary/aromatic N) is 1. The van der Waals surface area contributed by atoms with E-state index in [0.29, 0.717) is 30.7 Å². The average Bonchev–Trinajstić information content (AvgIpc) is 3.73. The summed E-state index contributed by atoms with van der Waals surface area (Å²) < 4.78 is 0. The predicted molar refractivity (Wildman–Crippen MR) is 150 cm³/mol. The van der Waals surface area contributed by atoms with E-state index in [2.05, 4.69) is 0 Å². The van der Waals surface area contributed by atoms with Crippen LogP contribution in [0.25, 0.3) is 0 Å². The van der Waals surface area contributed by atoms with Crippen LogP contribution in [0.1, 0.15) is 96.1 Å². The average molecular weight is 547 g/mol. The number of aliphatic hydroxyl groups is 4. The number of nitrogens with two attached hydrogens (primary N) is 1. The van der Waals surface area contributed by atoms with Gasteiger partial charge in [-0.3, -0.25) is 9.59 Å². The molecule has 2 fully saturated rings. The lowest BCUT2D eigenvalue weighted by atomic mass is 9.80. The molecule has 1 aromatic carbocycles. The van der Waals surface area contributed by atoms with Gasteiger partial charge in [-0.05, 0) is 42.6 Å². The number of hydrogen-bond acceptors (Lipinski definition) is 6. The van der Waals surface area contributed by atoms with Crippen LogP contribution in [0.5, 0.6) is 0 Å². The molecule has 0 bridgehead atoms. The monoisotopic (exact) mass is 546 g/mol. The number of primary amides is 1. The van der Waals surface area contributed by atoms with E-state index in [9.17, 15) is 30.0 Å². The first-order valence-electron chi connectivity index (χ1n) is 14.9. The van der Waals surface area contributed by atoms with Crippen molar-refractivity contribution in [2.24, 2.45) is 29.4 Å². The summed E-state index contributed by atoms with van der Waals surface area (Å²) in [6.45, 7) is 3.38. The van der Waals surface area contributed by atoms with Crippen molar-refractivity contribution in [3.8, 4) is 0 Å². The first kappa shape index (κ1) is 31.5. The second-order valence-corrected chi connectivity index (χ2v) is 12.4. The summed E-state index contributed by atoms with van der Waals surface area (Å²) in [5.74, 6) is -0.995. The fourth-order valence-electron chi connectivity index (χ4n) is 6.33. The minimum Gasteiger partial charge on any atom is -0.394 e. The number of carbonyl (C=O) groups is 2. The number of benzene rings is 1. The molecule has 0 heterocycles. The van der Waals surface area contributed by atoms with E-state index >= 15 is 0 Å². The summed E-state index contributed by atoms with van der Waals surface area (Å²) >= 11 is 0. The van der Waals surface area contributed by atoms with E-state index in [1.54, 1.807) is 24.3 Å². The van der Waals surface area contributed by atoms with Gasteiger partial charge < -0.3 is 31.1 Å². The van der Waals surface area contributed by atoms with Crippen molar-refractivity contribution in [3.63, 3.8) is 0 Å². The van der Waals surface area contributed by atoms with Crippen LogP contribution in [0.4, 0.5) is 0 Å². The lowest BCUT2D eigenvalue weighted by molar-refractivity contribution is -0.156. The number of carbonyl (C=O) groups excluding carboxylic acids is 2. The van der Waals surface area contributed by atoms with E-state index in [-0.39, 0.29) is 18.3 Å². The van der Waals surface area contributed by atoms with Crippen molar-refractivity contribution in [2.45, 2.75) is 115 Å². The number of rotatable bonds is 16. The summed E-state index contributed by atoms with van der Waals surface area (Å²) in [4.78, 5) is 27.9. The van der Waals surface area contributed by atoms with Crippen molar-refractivity contribution in [2.75, 3.05) is 6.61 Å². The van der Waals surface area contributed by atoms with Gasteiger partial charge in [0.1, 0.15) is 12.2 Å². The zero-order valence-electron chi connectivity index (χ0n) is 23.7. The number of hydrogen-bond donors (Lipinski definition) is 5. The van der Waals surface area contributed by atoms with Crippen LogP contribution in [0.15, 0.2) is 30.3 Å². The number of aliphatic hydroxyl groups excluding tert-OH is 4. The molecule has 6 atom stereocenters. The largest absolute Gasteiger partial charge is 0.394 e. The van der Waals surface area contributed by atoms with Crippen LogP contribution >= 0.6 is 0 Å². The molecule has 0 spiro atoms. The highest BCUT2D eigenvalue weighted by atomic mass is 16.3. The van der Waals surface area contributed by atoms with E-state index < -0.39 is 54.7 Å². The van der Waals surface area contributed by atoms with Crippen LogP contribution in [0, 0.1) is 23.7 Å². The molecule has 220 valence electrons. The molecule has 0 saturated heterocycles. The quantitative estimate of drug-likeness (QED) is 0.215. The third-order valence-corrected chi connectivity index (χ3v) is 8.57. The van der Waals surface area contributed by atoms with Gasteiger partial charge in [0.15, 0.2) is 0 Å². The lowest BCUT2D eigenvalue weighted by Crippen LogP contribution is -2.59. The van der Waals surface area contributed by atoms with E-state index in [0.717, 1.165) is 44.9 Å². The van der Waals surface area contributed by atoms with Gasteiger partial charge in [0.25, 0.3) is 0 Å². The Labute approximate surface area is 233 Å². The SMILES string of the molecule is CC(C)C[C@H](O)[C@H](O)[C@H](CC1CCCCC1)N(C(=O)[C@@H](CC(N)=O)CC1CC1)[C@@H](CO)[C@@H](O)c1ccccc1. The van der Waals surface area contributed by atoms with Gasteiger partial charge in [-0.15, -0.1) is 0 Å². The molecule has 0 aromatic heterocycles. The molecule has 39 heavy (non-hydrogen) atoms. The smallest absolute Gasteiger partial charge is 0.226 e. The first-order valence-corrected chi connectivity index (χ1v) is 14.9. The van der Waals surface area contributed by atoms with Crippen molar-refractivity contribution in [1.29, 1.82) is 0 Å². The maximum absolute atomic E-state index is 14.4. The number of amides is 2. The van der Waals surface area contributed by atoms with Crippen molar-refractivity contribution >= 4 is 11.8 Å². The minimum atomic E-state index is -1.27. The Morgan fingerprint density at radius 1 is 0.923 bits per heavy atom. The van der Waals surface area contributed by atoms with E-state index in [4.69, 9.17) is 5.73 Å². The molecule has 2 aliphatic carbocycles. The predicted octanol–water partition coefficient (Wildman–Crippen LogP) is 3.31. The zero-order chi connectivity index (χ0) is 28.5. The molecule has 8 nitrogen and oxygen atoms in total. The molecule has 0 unspecified atom stereocenters. The minimum absolute atomic E-state index is 0.121. The first-order chi connectivity index (χ1) is 18.6. The van der Waals surface area contributed by atoms with Crippen molar-refractivity contribution < 1.29 is 30.0 Å². The molecular formula is C31H50N2O6. The van der Waals surface area contributed by atoms with Crippen molar-refractivity contribution in [3.05, 3.63) is 35.9 Å². The molecule has 0 radical (unpaired) electrons. The Hall–Kier alpha value is -2.00. The van der Waals surface area contributed by atoms with Crippen LogP contribution in [0.3, 0.4) is 0 Å². The molecular weight excluding hydrogens is 496 g/mol. The van der Waals surface area contributed by atoms with Gasteiger partial charge in [-0.1, -0.05) is 89.1 Å². The van der Waals surface area contributed by atoms with E-state index in [1.165, 1.54) is 4.90 Å². The summed E-state index contributed by atoms with van der Waals surface area (Å²) in [5.41, 5.74) is 6.12. The maximum atomic E-state index is 14.4. The van der Waals surface area contributed by atoms with Crippen LogP contribution < -0.4 is 5.73 Å². The van der Waals surface area contributed by atoms with E-state index in [1.807, 2.05) is 19.9 Å². The Balaban J connectivity index is 2.06. The molecule has 3 rings (SSSR count). The molecule has 2 saturated carbocycles. The highest BCUT2D eigenvalue weighted by Gasteiger charge is 2.44. The highest BCUT2D eigenvalue weighted by molar-refractivity contribution is 5.85. The van der Waals surface area contributed by atoms with Gasteiger partial charge in [0, 0.05) is 12.3 Å². The topological polar surface area (TPSA) is 144 Å². The van der Waals surface area contributed by atoms with Gasteiger partial charge in [-0.2, -0.15) is 0 Å². The molecule has 6 N–H and O–H groups in total. The second kappa shape index (κ2) is 15.1. The van der Waals surface area contributed by atoms with Crippen LogP contribution in [-0.2, 0) is 9.59 Å². The van der Waals surface area contributed by atoms with Gasteiger partial charge in [-0.25, -0.2) is 0 Å². The van der Waals surface area contributed by atoms with Gasteiger partial charge in [0.05, 0.1) is 24.8 Å². The summed E-state index contributed by atoms with van der Waals surface area (Å²) in [5, 5.41) is 44.9. The molecule has 0 aliphatic heterocycles. The summed E-state index contributed by atoms with van der Waals surface area (Å²) in [7, 11) is 0. The molecule has 2 aliphatic rings. The Morgan fingerprint density at radius 2 is 1.54 bits per heavy atom. The lowest BCUT2D eigenvalue weighted by Gasteiger charge is -2.45. The Bertz CT molecular complexity index is 886. The standard InChI is InChI=1S/C31H50N2O6/c1-20(2)15-27(35)30(38)25(17-21-9-5-3-6-10-21)33(26(19-34)29(37)23-11-7-4-8-12-23)31(39)24(18-28(32)36)16-22-13-14-22/h4,7-8,11-12,20-22,24-27,29-30,34-35,37-38H,3,5-6,9-10,13-19H2,1-2H3,(H2,32,36)/t24-,25+,26+,27+,29+,30-/m1/s1. The molecule has 2 amide bonds. The highest BCUT2D eigenvalue weighted by Crippen LogP contribution is 2.39. The molecule has 1 aromatic rings. The van der Waals surface area contributed by atoms with Crippen LogP contribution in [0.2, 0.25) is 0 Å². The van der Waals surface area contributed by atoms with Crippen molar-refractivity contribution in [1.82, 2.24) is 4.90 Å². The van der Waals surface area contributed by atoms with Gasteiger partial charge >= 0.3 is 0 Å². The molecule has 8 heteroatoms. The third-order valence-electron chi connectivity index (χ3n) is 8.57. The maximum Gasteiger partial charge on any atom is 0.226 e. The third kappa shape index (κ3) is 9.27. The van der Waals surface area contributed by atoms with Crippen LogP contribution in [-0.4, -0.2) is 68.0 Å². The fourth-order valence-corrected chi connectivity index (χ4v) is 6.33. The fraction of sp³-hybridized carbons (Fsp3) is 0.742. The van der Waals surface area contributed by atoms with Gasteiger partial charge in [0.2, 0.25) is 11.8 Å². The normalized spacial score (nSPS) is 21.1. The summed E-state index contributed by atoms with van der Waals surface area (Å²) in [6, 6.07) is 6.96. The second-order valence-electron chi connectivity index (χ2n) is 12.4. The Kier molecular flexibility index (Phi) is 12.2. The Morgan fingerprint density at radius 3 is 2.08 bits per heavy atom. The zero-order valence-corrected chi connectivity index (χ0v) is 23.7. The summed E-state index contributed by atoms with van der Waals surface area (Å²) in [6.07, 6.45) is 4.77.